The van der Waals surface area contributed by atoms with Crippen LogP contribution < -0.4 is 4.90 Å². The van der Waals surface area contributed by atoms with Crippen molar-refractivity contribution in [3.05, 3.63) is 53.7 Å². The first-order chi connectivity index (χ1) is 16.4. The highest BCUT2D eigenvalue weighted by molar-refractivity contribution is 7.89. The van der Waals surface area contributed by atoms with Gasteiger partial charge in [-0.25, -0.2) is 13.4 Å². The lowest BCUT2D eigenvalue weighted by atomic mass is 9.81. The molecule has 0 unspecified atom stereocenters. The number of nitrogens with zero attached hydrogens (tertiary/aromatic N) is 4. The van der Waals surface area contributed by atoms with Crippen molar-refractivity contribution in [3.8, 4) is 0 Å². The van der Waals surface area contributed by atoms with E-state index in [-0.39, 0.29) is 35.1 Å². The molecule has 5 rings (SSSR count). The predicted octanol–water partition coefficient (Wildman–Crippen LogP) is 2.58. The summed E-state index contributed by atoms with van der Waals surface area (Å²) in [6.07, 6.45) is 5.23. The summed E-state index contributed by atoms with van der Waals surface area (Å²) in [7, 11) is -3.70. The average molecular weight is 483 g/mol. The van der Waals surface area contributed by atoms with Crippen molar-refractivity contribution in [3.63, 3.8) is 0 Å². The van der Waals surface area contributed by atoms with Crippen LogP contribution in [0.25, 0.3) is 0 Å². The molecule has 2 atom stereocenters. The Labute approximate surface area is 200 Å². The SMILES string of the molecule is Cc1ccc(CN2C(=O)[C@H]3CCCC[C@@H]3C2=O)cc1S(=O)(=O)N1CCN(c2ccccn2)CC1. The summed E-state index contributed by atoms with van der Waals surface area (Å²) in [5.41, 5.74) is 1.32. The van der Waals surface area contributed by atoms with E-state index in [1.807, 2.05) is 24.3 Å². The van der Waals surface area contributed by atoms with Gasteiger partial charge in [-0.1, -0.05) is 31.0 Å². The number of fused-ring (bicyclic) bond motifs is 1. The van der Waals surface area contributed by atoms with E-state index >= 15 is 0 Å². The topological polar surface area (TPSA) is 90.9 Å². The minimum atomic E-state index is -3.70. The molecule has 2 saturated heterocycles. The number of piperazine rings is 1. The number of likely N-dealkylation sites (tertiary alicyclic amines) is 1. The predicted molar refractivity (Wildman–Crippen MR) is 127 cm³/mol. The number of sulfonamides is 1. The number of hydrogen-bond donors (Lipinski definition) is 0. The molecule has 2 aromatic rings. The van der Waals surface area contributed by atoms with Gasteiger partial charge in [0.25, 0.3) is 0 Å². The highest BCUT2D eigenvalue weighted by Crippen LogP contribution is 2.38. The van der Waals surface area contributed by atoms with Crippen molar-refractivity contribution in [1.82, 2.24) is 14.2 Å². The molecular weight excluding hydrogens is 452 g/mol. The number of hydrogen-bond acceptors (Lipinski definition) is 6. The van der Waals surface area contributed by atoms with Crippen LogP contribution in [0, 0.1) is 18.8 Å². The number of rotatable bonds is 5. The molecule has 8 nitrogen and oxygen atoms in total. The van der Waals surface area contributed by atoms with E-state index in [2.05, 4.69) is 9.88 Å². The Kier molecular flexibility index (Phi) is 6.16. The summed E-state index contributed by atoms with van der Waals surface area (Å²) in [6, 6.07) is 10.9. The monoisotopic (exact) mass is 482 g/mol. The first-order valence-electron chi connectivity index (χ1n) is 12.0. The highest BCUT2D eigenvalue weighted by Gasteiger charge is 2.48. The van der Waals surface area contributed by atoms with Gasteiger partial charge in [0, 0.05) is 32.4 Å². The molecule has 0 N–H and O–H groups in total. The lowest BCUT2D eigenvalue weighted by Gasteiger charge is -2.35. The van der Waals surface area contributed by atoms with E-state index in [1.165, 1.54) is 9.21 Å². The Bertz CT molecular complexity index is 1170. The van der Waals surface area contributed by atoms with Gasteiger partial charge in [0.1, 0.15) is 5.82 Å². The summed E-state index contributed by atoms with van der Waals surface area (Å²) < 4.78 is 28.6. The van der Waals surface area contributed by atoms with Gasteiger partial charge in [-0.2, -0.15) is 4.31 Å². The van der Waals surface area contributed by atoms with E-state index < -0.39 is 10.0 Å². The summed E-state index contributed by atoms with van der Waals surface area (Å²) >= 11 is 0. The van der Waals surface area contributed by atoms with Gasteiger partial charge in [-0.3, -0.25) is 14.5 Å². The second-order valence-electron chi connectivity index (χ2n) is 9.44. The van der Waals surface area contributed by atoms with Crippen molar-refractivity contribution < 1.29 is 18.0 Å². The number of carbonyl (C=O) groups is 2. The van der Waals surface area contributed by atoms with Crippen LogP contribution in [0.2, 0.25) is 0 Å². The Morgan fingerprint density at radius 3 is 2.24 bits per heavy atom. The maximum Gasteiger partial charge on any atom is 0.243 e. The second kappa shape index (κ2) is 9.11. The highest BCUT2D eigenvalue weighted by atomic mass is 32.2. The molecule has 1 aromatic carbocycles. The molecule has 3 aliphatic rings. The molecule has 2 amide bonds. The van der Waals surface area contributed by atoms with Crippen molar-refractivity contribution in [2.24, 2.45) is 11.8 Å². The van der Waals surface area contributed by atoms with Gasteiger partial charge < -0.3 is 4.90 Å². The summed E-state index contributed by atoms with van der Waals surface area (Å²) in [6.45, 7) is 3.77. The molecule has 1 aromatic heterocycles. The fraction of sp³-hybridized carbons (Fsp3) is 0.480. The molecule has 180 valence electrons. The zero-order valence-electron chi connectivity index (χ0n) is 19.4. The van der Waals surface area contributed by atoms with Crippen LogP contribution in [0.1, 0.15) is 36.8 Å². The third-order valence-electron chi connectivity index (χ3n) is 7.36. The lowest BCUT2D eigenvalue weighted by Crippen LogP contribution is -2.49. The van der Waals surface area contributed by atoms with E-state index in [4.69, 9.17) is 0 Å². The number of pyridine rings is 1. The van der Waals surface area contributed by atoms with E-state index in [0.29, 0.717) is 37.3 Å². The second-order valence-corrected chi connectivity index (χ2v) is 11.3. The van der Waals surface area contributed by atoms with Crippen LogP contribution in [-0.2, 0) is 26.2 Å². The van der Waals surface area contributed by atoms with Gasteiger partial charge in [-0.15, -0.1) is 0 Å². The normalized spacial score (nSPS) is 23.9. The zero-order chi connectivity index (χ0) is 23.9. The minimum absolute atomic E-state index is 0.106. The molecular formula is C25H30N4O4S. The Hall–Kier alpha value is -2.78. The Morgan fingerprint density at radius 2 is 1.62 bits per heavy atom. The maximum atomic E-state index is 13.5. The first kappa shape index (κ1) is 23.0. The number of carbonyl (C=O) groups excluding carboxylic acids is 2. The number of aryl methyl sites for hydroxylation is 1. The van der Waals surface area contributed by atoms with Gasteiger partial charge in [-0.05, 0) is 49.1 Å². The number of benzene rings is 1. The molecule has 9 heteroatoms. The molecule has 3 fully saturated rings. The maximum absolute atomic E-state index is 13.5. The molecule has 0 spiro atoms. The van der Waals surface area contributed by atoms with Crippen molar-refractivity contribution in [2.75, 3.05) is 31.1 Å². The Morgan fingerprint density at radius 1 is 0.941 bits per heavy atom. The van der Waals surface area contributed by atoms with Crippen LogP contribution in [0.5, 0.6) is 0 Å². The lowest BCUT2D eigenvalue weighted by molar-refractivity contribution is -0.140. The third kappa shape index (κ3) is 4.11. The van der Waals surface area contributed by atoms with Crippen LogP contribution >= 0.6 is 0 Å². The molecule has 1 saturated carbocycles. The fourth-order valence-electron chi connectivity index (χ4n) is 5.43. The van der Waals surface area contributed by atoms with Gasteiger partial charge >= 0.3 is 0 Å². The van der Waals surface area contributed by atoms with Gasteiger partial charge in [0.15, 0.2) is 0 Å². The molecule has 0 radical (unpaired) electrons. The number of aromatic nitrogens is 1. The van der Waals surface area contributed by atoms with Crippen molar-refractivity contribution in [2.45, 2.75) is 44.0 Å². The molecule has 34 heavy (non-hydrogen) atoms. The number of imide groups is 1. The van der Waals surface area contributed by atoms with Crippen molar-refractivity contribution in [1.29, 1.82) is 0 Å². The van der Waals surface area contributed by atoms with Crippen LogP contribution in [-0.4, -0.2) is 60.6 Å². The molecule has 0 bridgehead atoms. The summed E-state index contributed by atoms with van der Waals surface area (Å²) in [5, 5.41) is 0. The minimum Gasteiger partial charge on any atom is -0.354 e. The van der Waals surface area contributed by atoms with Crippen LogP contribution in [0.4, 0.5) is 5.82 Å². The quantitative estimate of drug-likeness (QED) is 0.609. The Balaban J connectivity index is 1.32. The molecule has 2 aliphatic heterocycles. The van der Waals surface area contributed by atoms with Crippen molar-refractivity contribution >= 4 is 27.7 Å². The largest absolute Gasteiger partial charge is 0.354 e. The molecule has 3 heterocycles. The van der Waals surface area contributed by atoms with Gasteiger partial charge in [0.05, 0.1) is 23.3 Å². The smallest absolute Gasteiger partial charge is 0.243 e. The summed E-state index contributed by atoms with van der Waals surface area (Å²) in [5.74, 6) is 0.226. The first-order valence-corrected chi connectivity index (χ1v) is 13.4. The van der Waals surface area contributed by atoms with E-state index in [1.54, 1.807) is 25.3 Å². The third-order valence-corrected chi connectivity index (χ3v) is 9.40. The van der Waals surface area contributed by atoms with E-state index in [0.717, 1.165) is 31.5 Å². The average Bonchev–Trinajstić information content (AvgIpc) is 3.10. The number of amides is 2. The molecule has 1 aliphatic carbocycles. The standard InChI is InChI=1S/C25H30N4O4S/c1-18-9-10-19(17-29-24(30)20-6-2-3-7-21(20)25(29)31)16-22(18)34(32,33)28-14-12-27(13-15-28)23-8-4-5-11-26-23/h4-5,8-11,16,20-21H,2-3,6-7,12-15,17H2,1H3/t20-,21-/m0/s1. The summed E-state index contributed by atoms with van der Waals surface area (Å²) in [4.78, 5) is 33.8. The van der Waals surface area contributed by atoms with E-state index in [9.17, 15) is 18.0 Å². The number of anilines is 1. The van der Waals surface area contributed by atoms with Crippen LogP contribution in [0.15, 0.2) is 47.5 Å². The van der Waals surface area contributed by atoms with Gasteiger partial charge in [0.2, 0.25) is 21.8 Å². The zero-order valence-corrected chi connectivity index (χ0v) is 20.2. The fourth-order valence-corrected chi connectivity index (χ4v) is 7.13. The van der Waals surface area contributed by atoms with Crippen LogP contribution in [0.3, 0.4) is 0 Å².